The summed E-state index contributed by atoms with van der Waals surface area (Å²) < 4.78 is 0. The van der Waals surface area contributed by atoms with Crippen LogP contribution in [0.15, 0.2) is 132 Å². The summed E-state index contributed by atoms with van der Waals surface area (Å²) in [5.41, 5.74) is 11.9. The van der Waals surface area contributed by atoms with E-state index >= 15 is 0 Å². The molecule has 5 aromatic rings. The van der Waals surface area contributed by atoms with Gasteiger partial charge in [-0.15, -0.1) is 0 Å². The van der Waals surface area contributed by atoms with E-state index in [9.17, 15) is 0 Å². The van der Waals surface area contributed by atoms with Crippen LogP contribution >= 0.6 is 0 Å². The van der Waals surface area contributed by atoms with Crippen molar-refractivity contribution >= 4 is 38.5 Å². The van der Waals surface area contributed by atoms with E-state index in [1.165, 1.54) is 49.0 Å². The first kappa shape index (κ1) is 22.1. The van der Waals surface area contributed by atoms with Crippen molar-refractivity contribution in [2.75, 3.05) is 0 Å². The van der Waals surface area contributed by atoms with Crippen LogP contribution in [0.1, 0.15) is 18.4 Å². The molecule has 0 unspecified atom stereocenters. The fourth-order valence-corrected chi connectivity index (χ4v) is 5.27. The summed E-state index contributed by atoms with van der Waals surface area (Å²) in [7, 11) is 0. The van der Waals surface area contributed by atoms with Gasteiger partial charge in [0.2, 0.25) is 0 Å². The molecule has 0 heterocycles. The molecule has 0 amide bonds. The van der Waals surface area contributed by atoms with Crippen molar-refractivity contribution in [3.8, 4) is 11.1 Å². The number of hydrogen-bond donors (Lipinski definition) is 1. The molecule has 0 fully saturated rings. The van der Waals surface area contributed by atoms with Crippen LogP contribution in [0.25, 0.3) is 43.4 Å². The number of nitrogens with two attached hydrogens (primary N) is 1. The maximum atomic E-state index is 6.26. The van der Waals surface area contributed by atoms with E-state index in [1.54, 1.807) is 6.20 Å². The van der Waals surface area contributed by atoms with Crippen molar-refractivity contribution in [3.05, 3.63) is 132 Å². The minimum Gasteiger partial charge on any atom is -0.397 e. The van der Waals surface area contributed by atoms with E-state index in [4.69, 9.17) is 5.73 Å². The van der Waals surface area contributed by atoms with Crippen LogP contribution in [0.2, 0.25) is 0 Å². The summed E-state index contributed by atoms with van der Waals surface area (Å²) in [6, 6.07) is 32.8. The zero-order valence-electron chi connectivity index (χ0n) is 20.2. The SMILES string of the molecule is N/C(=C\N=CCc1c2ccccc2c(-c2ccc3ccccc3c2)c2ccccc12)C1=CCCC=C1. The number of hydrogen-bond acceptors (Lipinski definition) is 2. The lowest BCUT2D eigenvalue weighted by Gasteiger charge is -2.17. The molecule has 2 N–H and O–H groups in total. The summed E-state index contributed by atoms with van der Waals surface area (Å²) in [5.74, 6) is 0. The van der Waals surface area contributed by atoms with Crippen LogP contribution < -0.4 is 5.73 Å². The van der Waals surface area contributed by atoms with Crippen molar-refractivity contribution in [2.45, 2.75) is 19.3 Å². The van der Waals surface area contributed by atoms with Gasteiger partial charge in [-0.3, -0.25) is 4.99 Å². The Hall–Kier alpha value is -4.43. The van der Waals surface area contributed by atoms with E-state index in [2.05, 4.69) is 114 Å². The number of allylic oxidation sites excluding steroid dienone is 3. The van der Waals surface area contributed by atoms with E-state index in [-0.39, 0.29) is 0 Å². The first-order chi connectivity index (χ1) is 17.8. The Balaban J connectivity index is 1.47. The van der Waals surface area contributed by atoms with Crippen LogP contribution in [-0.2, 0) is 6.42 Å². The molecule has 174 valence electrons. The van der Waals surface area contributed by atoms with Crippen LogP contribution in [0.5, 0.6) is 0 Å². The minimum atomic E-state index is 0.712. The highest BCUT2D eigenvalue weighted by Gasteiger charge is 2.14. The highest BCUT2D eigenvalue weighted by Crippen LogP contribution is 2.40. The maximum Gasteiger partial charge on any atom is 0.0570 e. The van der Waals surface area contributed by atoms with Crippen LogP contribution in [0, 0.1) is 0 Å². The zero-order valence-corrected chi connectivity index (χ0v) is 20.2. The van der Waals surface area contributed by atoms with Crippen molar-refractivity contribution in [2.24, 2.45) is 10.7 Å². The van der Waals surface area contributed by atoms with Gasteiger partial charge in [0.1, 0.15) is 0 Å². The third-order valence-electron chi connectivity index (χ3n) is 7.02. The minimum absolute atomic E-state index is 0.712. The number of fused-ring (bicyclic) bond motifs is 3. The van der Waals surface area contributed by atoms with Gasteiger partial charge in [-0.1, -0.05) is 103 Å². The van der Waals surface area contributed by atoms with Crippen molar-refractivity contribution in [1.82, 2.24) is 0 Å². The van der Waals surface area contributed by atoms with Gasteiger partial charge in [-0.2, -0.15) is 0 Å². The fourth-order valence-electron chi connectivity index (χ4n) is 5.27. The first-order valence-electron chi connectivity index (χ1n) is 12.6. The van der Waals surface area contributed by atoms with Gasteiger partial charge in [0, 0.05) is 18.8 Å². The molecular formula is C34H28N2. The van der Waals surface area contributed by atoms with E-state index in [0.717, 1.165) is 24.8 Å². The molecule has 0 saturated heterocycles. The van der Waals surface area contributed by atoms with Crippen LogP contribution in [-0.4, -0.2) is 6.21 Å². The van der Waals surface area contributed by atoms with Gasteiger partial charge < -0.3 is 5.73 Å². The molecule has 5 aromatic carbocycles. The monoisotopic (exact) mass is 464 g/mol. The summed E-state index contributed by atoms with van der Waals surface area (Å²) in [5, 5.41) is 7.58. The third kappa shape index (κ3) is 4.12. The second-order valence-electron chi connectivity index (χ2n) is 9.27. The van der Waals surface area contributed by atoms with Crippen molar-refractivity contribution in [3.63, 3.8) is 0 Å². The molecule has 0 radical (unpaired) electrons. The Bertz CT molecular complexity index is 1660. The molecule has 2 nitrogen and oxygen atoms in total. The second kappa shape index (κ2) is 9.67. The highest BCUT2D eigenvalue weighted by atomic mass is 14.7. The molecular weight excluding hydrogens is 436 g/mol. The van der Waals surface area contributed by atoms with Crippen molar-refractivity contribution in [1.29, 1.82) is 0 Å². The molecule has 0 saturated carbocycles. The lowest BCUT2D eigenvalue weighted by molar-refractivity contribution is 1.01. The van der Waals surface area contributed by atoms with E-state index in [0.29, 0.717) is 5.70 Å². The lowest BCUT2D eigenvalue weighted by Crippen LogP contribution is -2.01. The maximum absolute atomic E-state index is 6.26. The average Bonchev–Trinajstić information content (AvgIpc) is 2.95. The normalized spacial score (nSPS) is 14.2. The third-order valence-corrected chi connectivity index (χ3v) is 7.02. The molecule has 2 heteroatoms. The first-order valence-corrected chi connectivity index (χ1v) is 12.6. The molecule has 0 atom stereocenters. The topological polar surface area (TPSA) is 38.4 Å². The predicted octanol–water partition coefficient (Wildman–Crippen LogP) is 8.50. The van der Waals surface area contributed by atoms with Gasteiger partial charge in [-0.05, 0) is 73.5 Å². The highest BCUT2D eigenvalue weighted by molar-refractivity contribution is 6.16. The second-order valence-corrected chi connectivity index (χ2v) is 9.27. The Labute approximate surface area is 211 Å². The number of rotatable bonds is 5. The summed E-state index contributed by atoms with van der Waals surface area (Å²) in [6.45, 7) is 0. The van der Waals surface area contributed by atoms with Gasteiger partial charge in [0.15, 0.2) is 0 Å². The standard InChI is InChI=1S/C34H28N2/c35-33(25-11-2-1-3-12-25)23-36-21-20-30-28-14-6-8-16-31(28)34(32-17-9-7-15-29(30)32)27-19-18-24-10-4-5-13-26(24)22-27/h2,4-19,21-23H,1,3,20,35H2/b33-23-,36-21?. The molecule has 36 heavy (non-hydrogen) atoms. The van der Waals surface area contributed by atoms with Gasteiger partial charge in [0.25, 0.3) is 0 Å². The van der Waals surface area contributed by atoms with Gasteiger partial charge in [-0.25, -0.2) is 0 Å². The molecule has 0 spiro atoms. The summed E-state index contributed by atoms with van der Waals surface area (Å²) in [4.78, 5) is 4.58. The number of nitrogens with zero attached hydrogens (tertiary/aromatic N) is 1. The molecule has 1 aliphatic carbocycles. The van der Waals surface area contributed by atoms with Crippen LogP contribution in [0.4, 0.5) is 0 Å². The molecule has 6 rings (SSSR count). The molecule has 1 aliphatic rings. The fraction of sp³-hybridized carbons (Fsp3) is 0.0882. The van der Waals surface area contributed by atoms with Crippen molar-refractivity contribution < 1.29 is 0 Å². The molecule has 0 bridgehead atoms. The summed E-state index contributed by atoms with van der Waals surface area (Å²) >= 11 is 0. The van der Waals surface area contributed by atoms with E-state index in [1.807, 2.05) is 6.21 Å². The predicted molar refractivity (Wildman–Crippen MR) is 155 cm³/mol. The average molecular weight is 465 g/mol. The van der Waals surface area contributed by atoms with Gasteiger partial charge in [0.05, 0.1) is 5.70 Å². The quantitative estimate of drug-likeness (QED) is 0.205. The molecule has 0 aliphatic heterocycles. The lowest BCUT2D eigenvalue weighted by atomic mass is 9.87. The summed E-state index contributed by atoms with van der Waals surface area (Å²) in [6.07, 6.45) is 13.0. The molecule has 0 aromatic heterocycles. The Morgan fingerprint density at radius 1 is 0.750 bits per heavy atom. The smallest absolute Gasteiger partial charge is 0.0570 e. The Morgan fingerprint density at radius 2 is 1.42 bits per heavy atom. The Morgan fingerprint density at radius 3 is 2.11 bits per heavy atom. The van der Waals surface area contributed by atoms with Crippen LogP contribution in [0.3, 0.4) is 0 Å². The Kier molecular flexibility index (Phi) is 5.93. The van der Waals surface area contributed by atoms with Gasteiger partial charge >= 0.3 is 0 Å². The zero-order chi connectivity index (χ0) is 24.3. The number of benzene rings is 5. The largest absolute Gasteiger partial charge is 0.397 e. The van der Waals surface area contributed by atoms with E-state index < -0.39 is 0 Å². The number of aliphatic imine (C=N–C) groups is 1.